The van der Waals surface area contributed by atoms with Crippen molar-refractivity contribution in [1.82, 2.24) is 4.37 Å². The van der Waals surface area contributed by atoms with Crippen LogP contribution < -0.4 is 5.73 Å². The molecule has 2 N–H and O–H groups in total. The first-order valence-electron chi connectivity index (χ1n) is 1.78. The normalized spacial score (nSPS) is 9.75. The summed E-state index contributed by atoms with van der Waals surface area (Å²) in [5, 5.41) is 0.377. The summed E-state index contributed by atoms with van der Waals surface area (Å²) in [6.45, 7) is 0. The molecule has 5 heteroatoms. The lowest BCUT2D eigenvalue weighted by atomic mass is 10.6. The number of anilines is 1. The van der Waals surface area contributed by atoms with Crippen LogP contribution in [0.15, 0.2) is 3.79 Å². The van der Waals surface area contributed by atoms with Crippen molar-refractivity contribution >= 4 is 44.8 Å². The van der Waals surface area contributed by atoms with E-state index in [4.69, 9.17) is 17.3 Å². The van der Waals surface area contributed by atoms with Gasteiger partial charge in [-0.3, -0.25) is 0 Å². The number of aromatic nitrogens is 1. The van der Waals surface area contributed by atoms with Gasteiger partial charge < -0.3 is 5.73 Å². The first-order valence-corrected chi connectivity index (χ1v) is 3.72. The van der Waals surface area contributed by atoms with Crippen LogP contribution in [0.4, 0.5) is 5.69 Å². The fraction of sp³-hybridized carbons (Fsp3) is 0. The van der Waals surface area contributed by atoms with Crippen molar-refractivity contribution in [3.05, 3.63) is 8.94 Å². The van der Waals surface area contributed by atoms with Gasteiger partial charge in [0.1, 0.15) is 3.79 Å². The van der Waals surface area contributed by atoms with Crippen molar-refractivity contribution in [1.29, 1.82) is 0 Å². The van der Waals surface area contributed by atoms with Gasteiger partial charge in [-0.2, -0.15) is 4.37 Å². The van der Waals surface area contributed by atoms with E-state index >= 15 is 0 Å². The lowest BCUT2D eigenvalue weighted by Crippen LogP contribution is -1.80. The highest BCUT2D eigenvalue weighted by Gasteiger charge is 2.02. The van der Waals surface area contributed by atoms with E-state index in [1.165, 1.54) is 11.5 Å². The molecule has 0 aliphatic rings. The van der Waals surface area contributed by atoms with Gasteiger partial charge in [-0.05, 0) is 27.5 Å². The highest BCUT2D eigenvalue weighted by Crippen LogP contribution is 2.30. The molecule has 2 nitrogen and oxygen atoms in total. The molecule has 0 radical (unpaired) electrons. The number of nitrogens with two attached hydrogens (primary N) is 1. The molecule has 1 aromatic heterocycles. The van der Waals surface area contributed by atoms with Crippen LogP contribution in [-0.2, 0) is 0 Å². The Kier molecular flexibility index (Phi) is 1.74. The molecule has 0 unspecified atom stereocenters. The number of hydrogen-bond acceptors (Lipinski definition) is 3. The van der Waals surface area contributed by atoms with Crippen LogP contribution in [-0.4, -0.2) is 4.37 Å². The van der Waals surface area contributed by atoms with E-state index in [-0.39, 0.29) is 0 Å². The van der Waals surface area contributed by atoms with Crippen molar-refractivity contribution < 1.29 is 0 Å². The standard InChI is InChI=1S/C3H2BrClN2S/c4-2-1(6)3(5)7-8-2/h6H2. The fourth-order valence-corrected chi connectivity index (χ4v) is 1.49. The maximum Gasteiger partial charge on any atom is 0.166 e. The number of nitrogen functional groups attached to an aromatic ring is 1. The first kappa shape index (κ1) is 6.32. The summed E-state index contributed by atoms with van der Waals surface area (Å²) >= 11 is 9.88. The van der Waals surface area contributed by atoms with Gasteiger partial charge in [0, 0.05) is 0 Å². The van der Waals surface area contributed by atoms with Gasteiger partial charge in [0.05, 0.1) is 5.69 Å². The van der Waals surface area contributed by atoms with Crippen molar-refractivity contribution in [3.8, 4) is 0 Å². The highest BCUT2D eigenvalue weighted by atomic mass is 79.9. The molecular formula is C3H2BrClN2S. The van der Waals surface area contributed by atoms with Crippen LogP contribution in [0.2, 0.25) is 5.15 Å². The third-order valence-corrected chi connectivity index (χ3v) is 2.54. The minimum absolute atomic E-state index is 0.377. The molecule has 1 rings (SSSR count). The summed E-state index contributed by atoms with van der Waals surface area (Å²) in [7, 11) is 0. The van der Waals surface area contributed by atoms with E-state index < -0.39 is 0 Å². The maximum absolute atomic E-state index is 5.47. The zero-order chi connectivity index (χ0) is 6.15. The van der Waals surface area contributed by atoms with Gasteiger partial charge >= 0.3 is 0 Å². The van der Waals surface area contributed by atoms with Gasteiger partial charge in [0.25, 0.3) is 0 Å². The minimum Gasteiger partial charge on any atom is -0.395 e. The van der Waals surface area contributed by atoms with Gasteiger partial charge in [0.2, 0.25) is 0 Å². The average molecular weight is 213 g/mol. The van der Waals surface area contributed by atoms with Crippen molar-refractivity contribution in [2.45, 2.75) is 0 Å². The van der Waals surface area contributed by atoms with Gasteiger partial charge in [-0.1, -0.05) is 11.6 Å². The topological polar surface area (TPSA) is 38.9 Å². The van der Waals surface area contributed by atoms with E-state index in [2.05, 4.69) is 20.3 Å². The molecule has 0 aliphatic carbocycles. The zero-order valence-electron chi connectivity index (χ0n) is 3.69. The van der Waals surface area contributed by atoms with Crippen LogP contribution in [0.25, 0.3) is 0 Å². The minimum atomic E-state index is 0.377. The van der Waals surface area contributed by atoms with Gasteiger partial charge in [0.15, 0.2) is 5.15 Å². The molecule has 0 bridgehead atoms. The van der Waals surface area contributed by atoms with Crippen LogP contribution in [0, 0.1) is 0 Å². The fourth-order valence-electron chi connectivity index (χ4n) is 0.260. The van der Waals surface area contributed by atoms with E-state index in [9.17, 15) is 0 Å². The maximum atomic E-state index is 5.47. The Morgan fingerprint density at radius 2 is 2.38 bits per heavy atom. The molecule has 0 aromatic carbocycles. The quantitative estimate of drug-likeness (QED) is 0.717. The molecule has 0 amide bonds. The van der Waals surface area contributed by atoms with Gasteiger partial charge in [-0.15, -0.1) is 0 Å². The molecule has 0 aliphatic heterocycles. The Morgan fingerprint density at radius 1 is 1.75 bits per heavy atom. The predicted molar refractivity (Wildman–Crippen MR) is 39.2 cm³/mol. The molecule has 8 heavy (non-hydrogen) atoms. The van der Waals surface area contributed by atoms with Crippen LogP contribution >= 0.6 is 39.1 Å². The van der Waals surface area contributed by atoms with Crippen LogP contribution in [0.3, 0.4) is 0 Å². The summed E-state index contributed by atoms with van der Waals surface area (Å²) < 4.78 is 4.54. The van der Waals surface area contributed by atoms with Gasteiger partial charge in [-0.25, -0.2) is 0 Å². The second kappa shape index (κ2) is 2.21. The van der Waals surface area contributed by atoms with E-state index in [0.717, 1.165) is 3.79 Å². The molecular weight excluding hydrogens is 211 g/mol. The lowest BCUT2D eigenvalue weighted by Gasteiger charge is -1.81. The smallest absolute Gasteiger partial charge is 0.166 e. The largest absolute Gasteiger partial charge is 0.395 e. The lowest BCUT2D eigenvalue weighted by molar-refractivity contribution is 1.57. The van der Waals surface area contributed by atoms with Crippen LogP contribution in [0.1, 0.15) is 0 Å². The Hall–Kier alpha value is 0.200. The highest BCUT2D eigenvalue weighted by molar-refractivity contribution is 9.11. The Labute approximate surface area is 63.9 Å². The van der Waals surface area contributed by atoms with Crippen LogP contribution in [0.5, 0.6) is 0 Å². The Bertz CT molecular complexity index is 180. The Morgan fingerprint density at radius 3 is 2.50 bits per heavy atom. The third kappa shape index (κ3) is 0.962. The molecule has 44 valence electrons. The average Bonchev–Trinajstić information content (AvgIpc) is 1.98. The van der Waals surface area contributed by atoms with E-state index in [1.807, 2.05) is 0 Å². The number of hydrogen-bond donors (Lipinski definition) is 1. The van der Waals surface area contributed by atoms with E-state index in [1.54, 1.807) is 0 Å². The first-order chi connectivity index (χ1) is 3.72. The van der Waals surface area contributed by atoms with Crippen molar-refractivity contribution in [2.75, 3.05) is 5.73 Å². The number of halogens is 2. The number of rotatable bonds is 0. The van der Waals surface area contributed by atoms with Crippen molar-refractivity contribution in [3.63, 3.8) is 0 Å². The summed E-state index contributed by atoms with van der Waals surface area (Å²) in [4.78, 5) is 0. The second-order valence-corrected chi connectivity index (χ2v) is 3.61. The molecule has 1 aromatic rings. The zero-order valence-corrected chi connectivity index (χ0v) is 6.85. The molecule has 0 atom stereocenters. The summed E-state index contributed by atoms with van der Waals surface area (Å²) in [6.07, 6.45) is 0. The summed E-state index contributed by atoms with van der Waals surface area (Å²) in [6, 6.07) is 0. The summed E-state index contributed by atoms with van der Waals surface area (Å²) in [5.74, 6) is 0. The Balaban J connectivity index is 3.19. The SMILES string of the molecule is Nc1c(Cl)nsc1Br. The molecule has 0 spiro atoms. The second-order valence-electron chi connectivity index (χ2n) is 1.16. The summed E-state index contributed by atoms with van der Waals surface area (Å²) in [5.41, 5.74) is 5.90. The number of nitrogens with zero attached hydrogens (tertiary/aromatic N) is 1. The van der Waals surface area contributed by atoms with Crippen molar-refractivity contribution in [2.24, 2.45) is 0 Å². The predicted octanol–water partition coefficient (Wildman–Crippen LogP) is 2.14. The van der Waals surface area contributed by atoms with E-state index in [0.29, 0.717) is 10.8 Å². The molecule has 0 saturated heterocycles. The third-order valence-electron chi connectivity index (χ3n) is 0.640. The molecule has 0 fully saturated rings. The molecule has 1 heterocycles. The monoisotopic (exact) mass is 212 g/mol. The molecule has 0 saturated carbocycles.